The van der Waals surface area contributed by atoms with E-state index in [1.165, 1.54) is 0 Å². The topological polar surface area (TPSA) is 56.1 Å². The molecule has 0 aromatic carbocycles. The van der Waals surface area contributed by atoms with Gasteiger partial charge in [-0.05, 0) is 19.8 Å². The van der Waals surface area contributed by atoms with Crippen molar-refractivity contribution < 1.29 is 4.79 Å². The molecule has 1 heterocycles. The summed E-state index contributed by atoms with van der Waals surface area (Å²) >= 11 is 0. The Hall–Kier alpha value is -1.08. The van der Waals surface area contributed by atoms with Crippen LogP contribution in [0.2, 0.25) is 0 Å². The van der Waals surface area contributed by atoms with Crippen molar-refractivity contribution in [3.05, 3.63) is 0 Å². The van der Waals surface area contributed by atoms with Gasteiger partial charge in [-0.25, -0.2) is 0 Å². The molecule has 0 aromatic heterocycles. The molecule has 0 bridgehead atoms. The fourth-order valence-corrected chi connectivity index (χ4v) is 1.80. The van der Waals surface area contributed by atoms with E-state index in [0.29, 0.717) is 6.04 Å². The molecule has 0 spiro atoms. The average Bonchev–Trinajstić information content (AvgIpc) is 2.17. The molecule has 4 nitrogen and oxygen atoms in total. The van der Waals surface area contributed by atoms with E-state index in [1.807, 2.05) is 6.92 Å². The Morgan fingerprint density at radius 2 is 2.14 bits per heavy atom. The molecule has 1 saturated heterocycles. The summed E-state index contributed by atoms with van der Waals surface area (Å²) in [6, 6.07) is 2.52. The Balaban J connectivity index is 2.32. The predicted molar refractivity (Wildman–Crippen MR) is 53.5 cm³/mol. The molecule has 4 heteroatoms. The molecule has 1 aliphatic rings. The lowest BCUT2D eigenvalue weighted by Gasteiger charge is -2.33. The Kier molecular flexibility index (Phi) is 3.90. The molecule has 1 N–H and O–H groups in total. The first-order valence-electron chi connectivity index (χ1n) is 5.04. The number of carbonyl (C=O) groups excluding carboxylic acids is 1. The maximum Gasteiger partial charge on any atom is 0.217 e. The third-order valence-corrected chi connectivity index (χ3v) is 2.67. The Bertz CT molecular complexity index is 238. The van der Waals surface area contributed by atoms with Crippen molar-refractivity contribution in [1.82, 2.24) is 10.2 Å². The number of nitriles is 1. The lowest BCUT2D eigenvalue weighted by Crippen LogP contribution is -2.46. The number of piperidine rings is 1. The number of amides is 1. The maximum absolute atomic E-state index is 10.8. The van der Waals surface area contributed by atoms with Crippen LogP contribution in [0, 0.1) is 11.3 Å². The summed E-state index contributed by atoms with van der Waals surface area (Å²) in [7, 11) is 0. The van der Waals surface area contributed by atoms with Crippen LogP contribution in [0.25, 0.3) is 0 Å². The first-order valence-corrected chi connectivity index (χ1v) is 5.04. The van der Waals surface area contributed by atoms with Gasteiger partial charge in [-0.1, -0.05) is 0 Å². The molecule has 1 amide bonds. The highest BCUT2D eigenvalue weighted by Crippen LogP contribution is 2.12. The van der Waals surface area contributed by atoms with Gasteiger partial charge in [0.05, 0.1) is 12.1 Å². The third-order valence-electron chi connectivity index (χ3n) is 2.67. The molecule has 1 rings (SSSR count). The van der Waals surface area contributed by atoms with E-state index >= 15 is 0 Å². The fourth-order valence-electron chi connectivity index (χ4n) is 1.80. The highest BCUT2D eigenvalue weighted by Gasteiger charge is 2.22. The van der Waals surface area contributed by atoms with Gasteiger partial charge in [0.2, 0.25) is 5.91 Å². The summed E-state index contributed by atoms with van der Waals surface area (Å²) in [5.41, 5.74) is 0. The van der Waals surface area contributed by atoms with Crippen molar-refractivity contribution >= 4 is 5.91 Å². The number of hydrogen-bond acceptors (Lipinski definition) is 3. The number of hydrogen-bond donors (Lipinski definition) is 1. The molecule has 1 unspecified atom stereocenters. The summed E-state index contributed by atoms with van der Waals surface area (Å²) in [5, 5.41) is 11.6. The zero-order chi connectivity index (χ0) is 10.6. The quantitative estimate of drug-likeness (QED) is 0.698. The minimum Gasteiger partial charge on any atom is -0.354 e. The molecule has 0 aromatic rings. The Morgan fingerprint density at radius 3 is 2.57 bits per heavy atom. The number of carbonyl (C=O) groups is 1. The van der Waals surface area contributed by atoms with Crippen molar-refractivity contribution in [3.63, 3.8) is 0 Å². The van der Waals surface area contributed by atoms with E-state index < -0.39 is 0 Å². The van der Waals surface area contributed by atoms with Gasteiger partial charge in [0.15, 0.2) is 0 Å². The summed E-state index contributed by atoms with van der Waals surface area (Å²) in [4.78, 5) is 13.0. The van der Waals surface area contributed by atoms with Gasteiger partial charge in [-0.2, -0.15) is 5.26 Å². The minimum atomic E-state index is -0.00622. The monoisotopic (exact) mass is 195 g/mol. The number of nitrogens with one attached hydrogen (secondary N) is 1. The van der Waals surface area contributed by atoms with Crippen LogP contribution in [0.3, 0.4) is 0 Å². The second-order valence-electron chi connectivity index (χ2n) is 3.82. The van der Waals surface area contributed by atoms with E-state index in [2.05, 4.69) is 16.3 Å². The molecular weight excluding hydrogens is 178 g/mol. The fraction of sp³-hybridized carbons (Fsp3) is 0.800. The van der Waals surface area contributed by atoms with Gasteiger partial charge in [-0.3, -0.25) is 9.69 Å². The van der Waals surface area contributed by atoms with Gasteiger partial charge in [-0.15, -0.1) is 0 Å². The standard InChI is InChI=1S/C10H17N3O/c1-8(7-11)13-5-3-10(4-6-13)12-9(2)14/h8,10H,3-6H2,1-2H3,(H,12,14). The lowest BCUT2D eigenvalue weighted by molar-refractivity contribution is -0.119. The van der Waals surface area contributed by atoms with Crippen LogP contribution in [0.5, 0.6) is 0 Å². The van der Waals surface area contributed by atoms with E-state index in [0.717, 1.165) is 25.9 Å². The zero-order valence-corrected chi connectivity index (χ0v) is 8.79. The second kappa shape index (κ2) is 4.97. The highest BCUT2D eigenvalue weighted by atomic mass is 16.1. The maximum atomic E-state index is 10.8. The molecule has 0 aliphatic carbocycles. The van der Waals surface area contributed by atoms with E-state index in [1.54, 1.807) is 6.92 Å². The van der Waals surface area contributed by atoms with Crippen molar-refractivity contribution in [2.24, 2.45) is 0 Å². The summed E-state index contributed by atoms with van der Waals surface area (Å²) in [6.45, 7) is 5.27. The number of nitrogens with zero attached hydrogens (tertiary/aromatic N) is 2. The summed E-state index contributed by atoms with van der Waals surface area (Å²) < 4.78 is 0. The average molecular weight is 195 g/mol. The molecule has 14 heavy (non-hydrogen) atoms. The van der Waals surface area contributed by atoms with Crippen LogP contribution in [0.15, 0.2) is 0 Å². The van der Waals surface area contributed by atoms with Gasteiger partial charge in [0, 0.05) is 26.1 Å². The minimum absolute atomic E-state index is 0.00622. The van der Waals surface area contributed by atoms with Crippen molar-refractivity contribution in [3.8, 4) is 6.07 Å². The number of rotatable bonds is 2. The zero-order valence-electron chi connectivity index (χ0n) is 8.79. The largest absolute Gasteiger partial charge is 0.354 e. The van der Waals surface area contributed by atoms with Crippen molar-refractivity contribution in [2.75, 3.05) is 13.1 Å². The highest BCUT2D eigenvalue weighted by molar-refractivity contribution is 5.73. The predicted octanol–water partition coefficient (Wildman–Crippen LogP) is 0.499. The van der Waals surface area contributed by atoms with Gasteiger partial charge in [0.1, 0.15) is 0 Å². The van der Waals surface area contributed by atoms with E-state index in [9.17, 15) is 4.79 Å². The third kappa shape index (κ3) is 3.00. The molecule has 78 valence electrons. The van der Waals surface area contributed by atoms with Crippen LogP contribution in [-0.2, 0) is 4.79 Å². The van der Waals surface area contributed by atoms with E-state index in [-0.39, 0.29) is 11.9 Å². The van der Waals surface area contributed by atoms with Crippen LogP contribution in [-0.4, -0.2) is 36.0 Å². The number of likely N-dealkylation sites (tertiary alicyclic amines) is 1. The molecule has 1 aliphatic heterocycles. The van der Waals surface area contributed by atoms with Gasteiger partial charge >= 0.3 is 0 Å². The first-order chi connectivity index (χ1) is 6.63. The van der Waals surface area contributed by atoms with Gasteiger partial charge in [0.25, 0.3) is 0 Å². The van der Waals surface area contributed by atoms with Crippen LogP contribution in [0.1, 0.15) is 26.7 Å². The second-order valence-corrected chi connectivity index (χ2v) is 3.82. The molecular formula is C10H17N3O. The smallest absolute Gasteiger partial charge is 0.217 e. The molecule has 0 saturated carbocycles. The first kappa shape index (κ1) is 11.0. The van der Waals surface area contributed by atoms with E-state index in [4.69, 9.17) is 5.26 Å². The summed E-state index contributed by atoms with van der Waals surface area (Å²) in [5.74, 6) is 0.0387. The SMILES string of the molecule is CC(=O)NC1CCN(C(C)C#N)CC1. The van der Waals surface area contributed by atoms with Crippen molar-refractivity contribution in [2.45, 2.75) is 38.8 Å². The Labute approximate surface area is 84.9 Å². The van der Waals surface area contributed by atoms with Crippen LogP contribution in [0.4, 0.5) is 0 Å². The molecule has 1 atom stereocenters. The van der Waals surface area contributed by atoms with Gasteiger partial charge < -0.3 is 5.32 Å². The normalized spacial score (nSPS) is 21.2. The van der Waals surface area contributed by atoms with Crippen LogP contribution >= 0.6 is 0 Å². The van der Waals surface area contributed by atoms with Crippen molar-refractivity contribution in [1.29, 1.82) is 5.26 Å². The lowest BCUT2D eigenvalue weighted by atomic mass is 10.0. The molecule has 1 fully saturated rings. The summed E-state index contributed by atoms with van der Waals surface area (Å²) in [6.07, 6.45) is 1.90. The van der Waals surface area contributed by atoms with Crippen LogP contribution < -0.4 is 5.32 Å². The Morgan fingerprint density at radius 1 is 1.57 bits per heavy atom. The molecule has 0 radical (unpaired) electrons.